The Morgan fingerprint density at radius 3 is 2.44 bits per heavy atom. The number of likely N-dealkylation sites (tertiary alicyclic amines) is 1. The number of rotatable bonds is 13. The van der Waals surface area contributed by atoms with E-state index in [1.807, 2.05) is 0 Å². The third-order valence-corrected chi connectivity index (χ3v) is 5.45. The predicted molar refractivity (Wildman–Crippen MR) is 126 cm³/mol. The molecule has 1 aliphatic heterocycles. The van der Waals surface area contributed by atoms with E-state index in [4.69, 9.17) is 5.73 Å². The summed E-state index contributed by atoms with van der Waals surface area (Å²) in [6, 6.07) is 6.35. The Morgan fingerprint density at radius 1 is 1.03 bits per heavy atom. The normalized spacial score (nSPS) is 14.9. The number of nitrogens with zero attached hydrogens (tertiary/aromatic N) is 1. The standard InChI is InChI=1S/C21H33BN6O6/c23-13-19(30)24-11-3-1-2-6-18(29)27-26-16-9-7-15(8-10-16)21(32)25-14-20(31)28-12-4-5-17(28)22(33)34/h7-10,17,26,33-34H,1-6,11-14,23H2,(H,24,30)(H,25,32)(H,27,29)/t17-/m0/s1. The van der Waals surface area contributed by atoms with Crippen molar-refractivity contribution in [3.63, 3.8) is 0 Å². The molecule has 8 N–H and O–H groups in total. The molecule has 34 heavy (non-hydrogen) atoms. The van der Waals surface area contributed by atoms with Gasteiger partial charge < -0.3 is 31.3 Å². The van der Waals surface area contributed by atoms with Crippen LogP contribution in [-0.2, 0) is 14.4 Å². The minimum Gasteiger partial charge on any atom is -0.426 e. The van der Waals surface area contributed by atoms with Crippen LogP contribution in [-0.4, -0.2) is 77.8 Å². The summed E-state index contributed by atoms with van der Waals surface area (Å²) >= 11 is 0. The predicted octanol–water partition coefficient (Wildman–Crippen LogP) is -1.50. The van der Waals surface area contributed by atoms with Gasteiger partial charge in [0.25, 0.3) is 5.91 Å². The van der Waals surface area contributed by atoms with Crippen molar-refractivity contribution in [1.29, 1.82) is 0 Å². The summed E-state index contributed by atoms with van der Waals surface area (Å²) < 4.78 is 0. The van der Waals surface area contributed by atoms with E-state index >= 15 is 0 Å². The first-order valence-electron chi connectivity index (χ1n) is 11.4. The summed E-state index contributed by atoms with van der Waals surface area (Å²) in [6.45, 7) is 0.692. The van der Waals surface area contributed by atoms with Gasteiger partial charge >= 0.3 is 7.12 Å². The molecule has 0 radical (unpaired) electrons. The maximum atomic E-state index is 12.3. The van der Waals surface area contributed by atoms with E-state index in [0.29, 0.717) is 50.0 Å². The van der Waals surface area contributed by atoms with Crippen molar-refractivity contribution in [3.8, 4) is 0 Å². The highest BCUT2D eigenvalue weighted by atomic mass is 16.4. The van der Waals surface area contributed by atoms with Gasteiger partial charge in [0.05, 0.1) is 24.7 Å². The van der Waals surface area contributed by atoms with Gasteiger partial charge in [0.2, 0.25) is 17.7 Å². The Labute approximate surface area is 198 Å². The Bertz CT molecular complexity index is 838. The molecule has 4 amide bonds. The second kappa shape index (κ2) is 14.2. The number of nitrogens with two attached hydrogens (primary N) is 1. The number of amides is 4. The van der Waals surface area contributed by atoms with Gasteiger partial charge in [-0.05, 0) is 49.9 Å². The number of hydrogen-bond donors (Lipinski definition) is 7. The number of benzene rings is 1. The first kappa shape index (κ1) is 27.1. The highest BCUT2D eigenvalue weighted by molar-refractivity contribution is 6.43. The molecule has 0 bridgehead atoms. The SMILES string of the molecule is NCC(=O)NCCCCCC(=O)NNc1ccc(C(=O)NCC(=O)N2CCC[C@H]2B(O)O)cc1. The maximum absolute atomic E-state index is 12.3. The van der Waals surface area contributed by atoms with Crippen LogP contribution in [0.2, 0.25) is 0 Å². The van der Waals surface area contributed by atoms with Gasteiger partial charge in [-0.15, -0.1) is 0 Å². The molecule has 186 valence electrons. The van der Waals surface area contributed by atoms with Crippen LogP contribution >= 0.6 is 0 Å². The highest BCUT2D eigenvalue weighted by Crippen LogP contribution is 2.18. The number of carbonyl (C=O) groups is 4. The summed E-state index contributed by atoms with van der Waals surface area (Å²) in [6.07, 6.45) is 3.77. The smallest absolute Gasteiger partial charge is 0.426 e. The molecule has 1 aromatic carbocycles. The topological polar surface area (TPSA) is 186 Å². The number of anilines is 1. The molecule has 0 unspecified atom stereocenters. The van der Waals surface area contributed by atoms with Crippen LogP contribution in [0.25, 0.3) is 0 Å². The Kier molecular flexibility index (Phi) is 11.3. The highest BCUT2D eigenvalue weighted by Gasteiger charge is 2.36. The molecule has 0 aromatic heterocycles. The van der Waals surface area contributed by atoms with Gasteiger partial charge in [-0.1, -0.05) is 6.42 Å². The van der Waals surface area contributed by atoms with Gasteiger partial charge in [-0.3, -0.25) is 30.0 Å². The largest absolute Gasteiger partial charge is 0.475 e. The number of hydrazine groups is 1. The molecule has 0 spiro atoms. The number of unbranched alkanes of at least 4 members (excludes halogenated alkanes) is 2. The molecular formula is C21H33BN6O6. The summed E-state index contributed by atoms with van der Waals surface area (Å²) in [5.74, 6) is -1.83. The minimum atomic E-state index is -1.60. The maximum Gasteiger partial charge on any atom is 0.475 e. The summed E-state index contributed by atoms with van der Waals surface area (Å²) in [5.41, 5.74) is 11.5. The molecule has 1 saturated heterocycles. The van der Waals surface area contributed by atoms with Crippen LogP contribution in [0.1, 0.15) is 48.9 Å². The molecule has 1 atom stereocenters. The van der Waals surface area contributed by atoms with E-state index in [-0.39, 0.29) is 30.8 Å². The lowest BCUT2D eigenvalue weighted by Gasteiger charge is -2.24. The Balaban J connectivity index is 1.65. The van der Waals surface area contributed by atoms with Crippen LogP contribution in [0.15, 0.2) is 24.3 Å². The van der Waals surface area contributed by atoms with E-state index in [0.717, 1.165) is 12.8 Å². The van der Waals surface area contributed by atoms with E-state index in [9.17, 15) is 29.2 Å². The Morgan fingerprint density at radius 2 is 1.76 bits per heavy atom. The number of nitrogens with one attached hydrogen (secondary N) is 4. The van der Waals surface area contributed by atoms with Crippen molar-refractivity contribution in [2.75, 3.05) is 31.6 Å². The summed E-state index contributed by atoms with van der Waals surface area (Å²) in [7, 11) is -1.60. The number of hydrogen-bond acceptors (Lipinski definition) is 8. The minimum absolute atomic E-state index is 0.0320. The molecule has 0 saturated carbocycles. The molecule has 13 heteroatoms. The molecule has 2 rings (SSSR count). The van der Waals surface area contributed by atoms with E-state index < -0.39 is 19.0 Å². The lowest BCUT2D eigenvalue weighted by Crippen LogP contribution is -2.48. The van der Waals surface area contributed by atoms with Gasteiger partial charge in [0.1, 0.15) is 0 Å². The van der Waals surface area contributed by atoms with Crippen molar-refractivity contribution < 1.29 is 29.2 Å². The van der Waals surface area contributed by atoms with E-state index in [2.05, 4.69) is 21.5 Å². The quantitative estimate of drug-likeness (QED) is 0.102. The monoisotopic (exact) mass is 476 g/mol. The zero-order valence-corrected chi connectivity index (χ0v) is 19.1. The van der Waals surface area contributed by atoms with Crippen LogP contribution in [0.5, 0.6) is 0 Å². The van der Waals surface area contributed by atoms with Crippen LogP contribution in [0.4, 0.5) is 5.69 Å². The van der Waals surface area contributed by atoms with Gasteiger partial charge in [-0.25, -0.2) is 0 Å². The van der Waals surface area contributed by atoms with Crippen LogP contribution < -0.4 is 27.2 Å². The summed E-state index contributed by atoms with van der Waals surface area (Å²) in [4.78, 5) is 48.9. The van der Waals surface area contributed by atoms with E-state index in [1.54, 1.807) is 24.3 Å². The van der Waals surface area contributed by atoms with Gasteiger partial charge in [-0.2, -0.15) is 0 Å². The van der Waals surface area contributed by atoms with Crippen LogP contribution in [0, 0.1) is 0 Å². The lowest BCUT2D eigenvalue weighted by atomic mass is 9.78. The zero-order chi connectivity index (χ0) is 24.9. The molecule has 1 heterocycles. The lowest BCUT2D eigenvalue weighted by molar-refractivity contribution is -0.130. The molecular weight excluding hydrogens is 443 g/mol. The zero-order valence-electron chi connectivity index (χ0n) is 19.1. The summed E-state index contributed by atoms with van der Waals surface area (Å²) in [5, 5.41) is 23.9. The van der Waals surface area contributed by atoms with Gasteiger partial charge in [0, 0.05) is 25.1 Å². The third kappa shape index (κ3) is 9.00. The fourth-order valence-corrected chi connectivity index (χ4v) is 3.57. The first-order valence-corrected chi connectivity index (χ1v) is 11.4. The van der Waals surface area contributed by atoms with E-state index in [1.165, 1.54) is 4.90 Å². The van der Waals surface area contributed by atoms with Crippen molar-refractivity contribution in [2.24, 2.45) is 5.73 Å². The van der Waals surface area contributed by atoms with Crippen LogP contribution in [0.3, 0.4) is 0 Å². The fraction of sp³-hybridized carbons (Fsp3) is 0.524. The molecule has 0 aliphatic carbocycles. The molecule has 1 aromatic rings. The average Bonchev–Trinajstić information content (AvgIpc) is 3.34. The average molecular weight is 476 g/mol. The second-order valence-electron chi connectivity index (χ2n) is 8.01. The number of carbonyl (C=O) groups excluding carboxylic acids is 4. The van der Waals surface area contributed by atoms with Crippen molar-refractivity contribution >= 4 is 36.4 Å². The molecule has 1 aliphatic rings. The van der Waals surface area contributed by atoms with Crippen molar-refractivity contribution in [3.05, 3.63) is 29.8 Å². The molecule has 12 nitrogen and oxygen atoms in total. The second-order valence-corrected chi connectivity index (χ2v) is 8.01. The van der Waals surface area contributed by atoms with Crippen molar-refractivity contribution in [2.45, 2.75) is 44.5 Å². The van der Waals surface area contributed by atoms with Gasteiger partial charge in [0.15, 0.2) is 0 Å². The first-order chi connectivity index (χ1) is 16.3. The Hall–Kier alpha value is -3.16. The molecule has 1 fully saturated rings. The van der Waals surface area contributed by atoms with Crippen molar-refractivity contribution in [1.82, 2.24) is 21.0 Å². The fourth-order valence-electron chi connectivity index (χ4n) is 3.57. The third-order valence-electron chi connectivity index (χ3n) is 5.45.